The van der Waals surface area contributed by atoms with Gasteiger partial charge in [0.05, 0.1) is 34.4 Å². The third-order valence-corrected chi connectivity index (χ3v) is 4.30. The van der Waals surface area contributed by atoms with Crippen LogP contribution < -0.4 is 0 Å². The summed E-state index contributed by atoms with van der Waals surface area (Å²) in [7, 11) is 3.52. The van der Waals surface area contributed by atoms with Crippen molar-refractivity contribution in [3.05, 3.63) is 38.4 Å². The van der Waals surface area contributed by atoms with Gasteiger partial charge in [0.2, 0.25) is 5.91 Å². The van der Waals surface area contributed by atoms with Gasteiger partial charge in [-0.25, -0.2) is 0 Å². The average Bonchev–Trinajstić information content (AvgIpc) is 3.01. The standard InChI is InChI=1S/C13H17BrN6O3/c1-9-11(20(22)23)7-16-19(9)5-4-13(21)17(2)8-12-10(14)6-15-18(12)3/h6-7H,4-5,8H2,1-3H3. The van der Waals surface area contributed by atoms with Gasteiger partial charge in [-0.05, 0) is 22.9 Å². The van der Waals surface area contributed by atoms with Crippen molar-refractivity contribution < 1.29 is 9.72 Å². The fraction of sp³-hybridized carbons (Fsp3) is 0.462. The largest absolute Gasteiger partial charge is 0.340 e. The van der Waals surface area contributed by atoms with Crippen LogP contribution in [0.2, 0.25) is 0 Å². The van der Waals surface area contributed by atoms with Crippen LogP contribution in [0.4, 0.5) is 5.69 Å². The number of aryl methyl sites for hydroxylation is 2. The molecule has 0 spiro atoms. The van der Waals surface area contributed by atoms with Crippen LogP contribution >= 0.6 is 15.9 Å². The molecule has 0 aliphatic carbocycles. The molecular formula is C13H17BrN6O3. The molecule has 0 aliphatic rings. The average molecular weight is 385 g/mol. The van der Waals surface area contributed by atoms with Gasteiger partial charge in [0.25, 0.3) is 0 Å². The van der Waals surface area contributed by atoms with E-state index in [-0.39, 0.29) is 18.0 Å². The van der Waals surface area contributed by atoms with Gasteiger partial charge in [-0.2, -0.15) is 10.2 Å². The number of amides is 1. The van der Waals surface area contributed by atoms with Crippen molar-refractivity contribution in [2.75, 3.05) is 7.05 Å². The highest BCUT2D eigenvalue weighted by molar-refractivity contribution is 9.10. The normalized spacial score (nSPS) is 10.8. The summed E-state index contributed by atoms with van der Waals surface area (Å²) in [5.41, 5.74) is 1.30. The quantitative estimate of drug-likeness (QED) is 0.556. The summed E-state index contributed by atoms with van der Waals surface area (Å²) in [6, 6.07) is 0. The van der Waals surface area contributed by atoms with Crippen LogP contribution in [0.15, 0.2) is 16.9 Å². The molecule has 0 fully saturated rings. The number of nitro groups is 1. The Hall–Kier alpha value is -2.23. The van der Waals surface area contributed by atoms with E-state index in [1.165, 1.54) is 10.9 Å². The van der Waals surface area contributed by atoms with Gasteiger partial charge >= 0.3 is 5.69 Å². The van der Waals surface area contributed by atoms with Crippen LogP contribution in [0, 0.1) is 17.0 Å². The highest BCUT2D eigenvalue weighted by atomic mass is 79.9. The molecular weight excluding hydrogens is 368 g/mol. The molecule has 2 rings (SSSR count). The molecule has 0 aliphatic heterocycles. The van der Waals surface area contributed by atoms with Crippen molar-refractivity contribution in [1.29, 1.82) is 0 Å². The summed E-state index contributed by atoms with van der Waals surface area (Å²) in [6.45, 7) is 2.34. The fourth-order valence-electron chi connectivity index (χ4n) is 2.16. The van der Waals surface area contributed by atoms with Crippen LogP contribution in [-0.4, -0.2) is 42.3 Å². The van der Waals surface area contributed by atoms with E-state index < -0.39 is 4.92 Å². The van der Waals surface area contributed by atoms with Crippen molar-refractivity contribution in [1.82, 2.24) is 24.5 Å². The fourth-order valence-corrected chi connectivity index (χ4v) is 2.63. The molecule has 0 bridgehead atoms. The number of carbonyl (C=O) groups excluding carboxylic acids is 1. The highest BCUT2D eigenvalue weighted by Crippen LogP contribution is 2.18. The molecule has 2 aromatic rings. The number of rotatable bonds is 6. The molecule has 0 saturated carbocycles. The predicted molar refractivity (Wildman–Crippen MR) is 85.6 cm³/mol. The lowest BCUT2D eigenvalue weighted by atomic mass is 10.3. The van der Waals surface area contributed by atoms with Gasteiger partial charge < -0.3 is 4.90 Å². The molecule has 0 N–H and O–H groups in total. The molecule has 1 amide bonds. The van der Waals surface area contributed by atoms with Crippen LogP contribution in [0.25, 0.3) is 0 Å². The minimum absolute atomic E-state index is 0.0374. The van der Waals surface area contributed by atoms with Crippen molar-refractivity contribution >= 4 is 27.5 Å². The molecule has 23 heavy (non-hydrogen) atoms. The number of halogens is 1. The van der Waals surface area contributed by atoms with E-state index in [1.807, 2.05) is 7.05 Å². The first kappa shape index (κ1) is 17.1. The van der Waals surface area contributed by atoms with E-state index in [4.69, 9.17) is 0 Å². The number of hydrogen-bond donors (Lipinski definition) is 0. The Bertz CT molecular complexity index is 719. The SMILES string of the molecule is Cc1c([N+](=O)[O-])cnn1CCC(=O)N(C)Cc1c(Br)cnn1C. The predicted octanol–water partition coefficient (Wildman–Crippen LogP) is 1.64. The zero-order valence-corrected chi connectivity index (χ0v) is 14.6. The third-order valence-electron chi connectivity index (χ3n) is 3.63. The lowest BCUT2D eigenvalue weighted by molar-refractivity contribution is -0.385. The number of nitrogens with zero attached hydrogens (tertiary/aromatic N) is 6. The first-order valence-corrected chi connectivity index (χ1v) is 7.67. The highest BCUT2D eigenvalue weighted by Gasteiger charge is 2.18. The van der Waals surface area contributed by atoms with Gasteiger partial charge in [0.15, 0.2) is 0 Å². The van der Waals surface area contributed by atoms with E-state index in [0.717, 1.165) is 10.2 Å². The van der Waals surface area contributed by atoms with E-state index in [2.05, 4.69) is 26.1 Å². The van der Waals surface area contributed by atoms with Crippen molar-refractivity contribution in [3.63, 3.8) is 0 Å². The van der Waals surface area contributed by atoms with Crippen LogP contribution in [0.3, 0.4) is 0 Å². The van der Waals surface area contributed by atoms with Gasteiger partial charge in [-0.15, -0.1) is 0 Å². The molecule has 10 heteroatoms. The van der Waals surface area contributed by atoms with E-state index >= 15 is 0 Å². The Morgan fingerprint density at radius 2 is 2.13 bits per heavy atom. The topological polar surface area (TPSA) is 99.1 Å². The molecule has 0 radical (unpaired) electrons. The summed E-state index contributed by atoms with van der Waals surface area (Å²) in [5, 5.41) is 18.8. The van der Waals surface area contributed by atoms with Crippen LogP contribution in [0.5, 0.6) is 0 Å². The van der Waals surface area contributed by atoms with Crippen LogP contribution in [-0.2, 0) is 24.9 Å². The summed E-state index contributed by atoms with van der Waals surface area (Å²) >= 11 is 3.40. The van der Waals surface area contributed by atoms with Gasteiger partial charge in [-0.1, -0.05) is 0 Å². The van der Waals surface area contributed by atoms with Gasteiger partial charge in [-0.3, -0.25) is 24.3 Å². The summed E-state index contributed by atoms with van der Waals surface area (Å²) in [6.07, 6.45) is 3.10. The molecule has 0 unspecified atom stereocenters. The minimum Gasteiger partial charge on any atom is -0.340 e. The lowest BCUT2D eigenvalue weighted by Gasteiger charge is -2.17. The van der Waals surface area contributed by atoms with Crippen LogP contribution in [0.1, 0.15) is 17.8 Å². The number of aromatic nitrogens is 4. The summed E-state index contributed by atoms with van der Waals surface area (Å²) in [5.74, 6) is -0.0735. The lowest BCUT2D eigenvalue weighted by Crippen LogP contribution is -2.28. The first-order valence-electron chi connectivity index (χ1n) is 6.88. The third kappa shape index (κ3) is 3.76. The Balaban J connectivity index is 1.96. The Labute approximate surface area is 141 Å². The second-order valence-electron chi connectivity index (χ2n) is 5.16. The molecule has 9 nitrogen and oxygen atoms in total. The Morgan fingerprint density at radius 1 is 1.43 bits per heavy atom. The van der Waals surface area contributed by atoms with Gasteiger partial charge in [0.1, 0.15) is 11.9 Å². The van der Waals surface area contributed by atoms with Gasteiger partial charge in [0, 0.05) is 20.5 Å². The monoisotopic (exact) mass is 384 g/mol. The van der Waals surface area contributed by atoms with Crippen molar-refractivity contribution in [2.24, 2.45) is 7.05 Å². The smallest absolute Gasteiger partial charge is 0.309 e. The number of hydrogen-bond acceptors (Lipinski definition) is 5. The van der Waals surface area contributed by atoms with E-state index in [1.54, 1.807) is 29.7 Å². The number of carbonyl (C=O) groups is 1. The second-order valence-corrected chi connectivity index (χ2v) is 6.01. The van der Waals surface area contributed by atoms with Crippen molar-refractivity contribution in [2.45, 2.75) is 26.4 Å². The maximum absolute atomic E-state index is 12.2. The molecule has 124 valence electrons. The maximum Gasteiger partial charge on any atom is 0.309 e. The zero-order chi connectivity index (χ0) is 17.1. The molecule has 0 aromatic carbocycles. The van der Waals surface area contributed by atoms with E-state index in [9.17, 15) is 14.9 Å². The second kappa shape index (κ2) is 6.90. The Morgan fingerprint density at radius 3 is 2.65 bits per heavy atom. The summed E-state index contributed by atoms with van der Waals surface area (Å²) < 4.78 is 4.02. The minimum atomic E-state index is -0.479. The summed E-state index contributed by atoms with van der Waals surface area (Å²) in [4.78, 5) is 24.1. The maximum atomic E-state index is 12.2. The molecule has 0 atom stereocenters. The van der Waals surface area contributed by atoms with Crippen molar-refractivity contribution in [3.8, 4) is 0 Å². The first-order chi connectivity index (χ1) is 10.8. The Kier molecular flexibility index (Phi) is 5.14. The zero-order valence-electron chi connectivity index (χ0n) is 13.1. The van der Waals surface area contributed by atoms with E-state index in [0.29, 0.717) is 18.8 Å². The molecule has 2 heterocycles. The molecule has 2 aromatic heterocycles. The molecule has 0 saturated heterocycles.